The first-order valence-corrected chi connectivity index (χ1v) is 6.11. The van der Waals surface area contributed by atoms with Gasteiger partial charge in [-0.2, -0.15) is 0 Å². The van der Waals surface area contributed by atoms with Crippen LogP contribution < -0.4 is 0 Å². The molecule has 21 heavy (non-hydrogen) atoms. The smallest absolute Gasteiger partial charge is 0.280 e. The Hall–Kier alpha value is -2.63. The number of carbonyl (C=O) groups excluding carboxylic acids is 1. The maximum Gasteiger partial charge on any atom is 0.280 e. The first-order chi connectivity index (χ1) is 9.90. The summed E-state index contributed by atoms with van der Waals surface area (Å²) in [5.74, 6) is -2.17. The van der Waals surface area contributed by atoms with E-state index >= 15 is 0 Å². The number of aryl methyl sites for hydroxylation is 1. The fourth-order valence-electron chi connectivity index (χ4n) is 2.09. The van der Waals surface area contributed by atoms with E-state index in [1.54, 1.807) is 13.0 Å². The fraction of sp³-hybridized carbons (Fsp3) is 0.133. The van der Waals surface area contributed by atoms with E-state index < -0.39 is 22.3 Å². The molecule has 2 aromatic rings. The zero-order valence-corrected chi connectivity index (χ0v) is 11.1. The third-order valence-corrected chi connectivity index (χ3v) is 3.09. The maximum atomic E-state index is 13.6. The monoisotopic (exact) mass is 291 g/mol. The minimum Gasteiger partial charge on any atom is -0.294 e. The second-order valence-corrected chi connectivity index (χ2v) is 4.56. The number of Topliss-reactive ketones (excluding diaryl/α,β-unsaturated/α-hetero) is 1. The predicted molar refractivity (Wildman–Crippen MR) is 72.2 cm³/mol. The lowest BCUT2D eigenvalue weighted by Crippen LogP contribution is -2.10. The van der Waals surface area contributed by atoms with Gasteiger partial charge in [0.1, 0.15) is 11.6 Å². The Morgan fingerprint density at radius 3 is 2.57 bits per heavy atom. The molecule has 0 bridgehead atoms. The molecular weight excluding hydrogens is 280 g/mol. The molecule has 6 heteroatoms. The molecule has 0 saturated heterocycles. The molecule has 0 N–H and O–H groups in total. The minimum atomic E-state index is -0.848. The standard InChI is InChI=1S/C15H11F2NO3/c1-9-3-2-4-13(18(20)21)15(9)14(19)7-10-5-6-11(16)8-12(10)17/h2-6,8H,7H2,1H3. The third kappa shape index (κ3) is 3.10. The summed E-state index contributed by atoms with van der Waals surface area (Å²) in [4.78, 5) is 22.6. The van der Waals surface area contributed by atoms with Crippen molar-refractivity contribution in [1.82, 2.24) is 0 Å². The molecule has 2 rings (SSSR count). The maximum absolute atomic E-state index is 13.6. The molecule has 0 aliphatic rings. The highest BCUT2D eigenvalue weighted by molar-refractivity contribution is 6.02. The summed E-state index contributed by atoms with van der Waals surface area (Å²) in [5, 5.41) is 11.0. The number of carbonyl (C=O) groups is 1. The van der Waals surface area contributed by atoms with Gasteiger partial charge in [0.25, 0.3) is 5.69 Å². The Labute approximate surface area is 119 Å². The van der Waals surface area contributed by atoms with Gasteiger partial charge in [-0.1, -0.05) is 18.2 Å². The summed E-state index contributed by atoms with van der Waals surface area (Å²) < 4.78 is 26.4. The molecular formula is C15H11F2NO3. The van der Waals surface area contributed by atoms with Crippen LogP contribution in [0.2, 0.25) is 0 Å². The number of rotatable bonds is 4. The molecule has 0 atom stereocenters. The van der Waals surface area contributed by atoms with E-state index in [4.69, 9.17) is 0 Å². The van der Waals surface area contributed by atoms with Gasteiger partial charge in [-0.25, -0.2) is 8.78 Å². The number of nitro benzene ring substituents is 1. The highest BCUT2D eigenvalue weighted by atomic mass is 19.1. The molecule has 0 aliphatic carbocycles. The normalized spacial score (nSPS) is 10.4. The van der Waals surface area contributed by atoms with Crippen molar-refractivity contribution < 1.29 is 18.5 Å². The van der Waals surface area contributed by atoms with Crippen molar-refractivity contribution in [3.05, 3.63) is 74.8 Å². The first kappa shape index (κ1) is 14.8. The first-order valence-electron chi connectivity index (χ1n) is 6.11. The second kappa shape index (κ2) is 5.78. The molecule has 0 aromatic heterocycles. The zero-order chi connectivity index (χ0) is 15.6. The van der Waals surface area contributed by atoms with E-state index in [0.29, 0.717) is 11.6 Å². The van der Waals surface area contributed by atoms with Crippen LogP contribution in [0.5, 0.6) is 0 Å². The predicted octanol–water partition coefficient (Wildman–Crippen LogP) is 3.61. The number of hydrogen-bond acceptors (Lipinski definition) is 3. The van der Waals surface area contributed by atoms with Crippen molar-refractivity contribution in [2.45, 2.75) is 13.3 Å². The molecule has 0 heterocycles. The van der Waals surface area contributed by atoms with Gasteiger partial charge in [0.05, 0.1) is 10.5 Å². The number of ketones is 1. The SMILES string of the molecule is Cc1cccc([N+](=O)[O-])c1C(=O)Cc1ccc(F)cc1F. The largest absolute Gasteiger partial charge is 0.294 e. The number of nitro groups is 1. The molecule has 4 nitrogen and oxygen atoms in total. The summed E-state index contributed by atoms with van der Waals surface area (Å²) >= 11 is 0. The van der Waals surface area contributed by atoms with Crippen LogP contribution in [0.25, 0.3) is 0 Å². The van der Waals surface area contributed by atoms with Crippen molar-refractivity contribution in [3.8, 4) is 0 Å². The Bertz CT molecular complexity index is 729. The van der Waals surface area contributed by atoms with Gasteiger partial charge in [-0.3, -0.25) is 14.9 Å². The molecule has 0 aliphatic heterocycles. The summed E-state index contributed by atoms with van der Waals surface area (Å²) in [6.07, 6.45) is -0.363. The number of benzene rings is 2. The van der Waals surface area contributed by atoms with Crippen molar-refractivity contribution in [1.29, 1.82) is 0 Å². The highest BCUT2D eigenvalue weighted by Crippen LogP contribution is 2.24. The van der Waals surface area contributed by atoms with Crippen LogP contribution >= 0.6 is 0 Å². The minimum absolute atomic E-state index is 0.000971. The van der Waals surface area contributed by atoms with Gasteiger partial charge < -0.3 is 0 Å². The van der Waals surface area contributed by atoms with E-state index in [9.17, 15) is 23.7 Å². The molecule has 108 valence electrons. The molecule has 0 unspecified atom stereocenters. The van der Waals surface area contributed by atoms with E-state index in [2.05, 4.69) is 0 Å². The van der Waals surface area contributed by atoms with Gasteiger partial charge in [-0.15, -0.1) is 0 Å². The van der Waals surface area contributed by atoms with Crippen molar-refractivity contribution in [2.75, 3.05) is 0 Å². The summed E-state index contributed by atoms with van der Waals surface area (Å²) in [6.45, 7) is 1.57. The van der Waals surface area contributed by atoms with E-state index in [1.807, 2.05) is 0 Å². The topological polar surface area (TPSA) is 60.2 Å². The summed E-state index contributed by atoms with van der Waals surface area (Å²) in [7, 11) is 0. The van der Waals surface area contributed by atoms with Crippen LogP contribution in [0, 0.1) is 28.7 Å². The van der Waals surface area contributed by atoms with Crippen LogP contribution in [0.3, 0.4) is 0 Å². The number of hydrogen-bond donors (Lipinski definition) is 0. The van der Waals surface area contributed by atoms with E-state index in [1.165, 1.54) is 12.1 Å². The van der Waals surface area contributed by atoms with Crippen LogP contribution in [0.4, 0.5) is 14.5 Å². The fourth-order valence-corrected chi connectivity index (χ4v) is 2.09. The van der Waals surface area contributed by atoms with Crippen molar-refractivity contribution in [2.24, 2.45) is 0 Å². The lowest BCUT2D eigenvalue weighted by Gasteiger charge is -2.07. The summed E-state index contributed by atoms with van der Waals surface area (Å²) in [6, 6.07) is 7.14. The number of halogens is 2. The van der Waals surface area contributed by atoms with E-state index in [-0.39, 0.29) is 23.2 Å². The lowest BCUT2D eigenvalue weighted by atomic mass is 9.97. The van der Waals surface area contributed by atoms with Crippen molar-refractivity contribution >= 4 is 11.5 Å². The van der Waals surface area contributed by atoms with Gasteiger partial charge >= 0.3 is 0 Å². The highest BCUT2D eigenvalue weighted by Gasteiger charge is 2.23. The van der Waals surface area contributed by atoms with Gasteiger partial charge in [0.15, 0.2) is 5.78 Å². The van der Waals surface area contributed by atoms with Crippen molar-refractivity contribution in [3.63, 3.8) is 0 Å². The second-order valence-electron chi connectivity index (χ2n) is 4.56. The summed E-state index contributed by atoms with van der Waals surface area (Å²) in [5.41, 5.74) is 0.0735. The quantitative estimate of drug-likeness (QED) is 0.491. The van der Waals surface area contributed by atoms with Gasteiger partial charge in [-0.05, 0) is 24.1 Å². The van der Waals surface area contributed by atoms with Crippen LogP contribution in [0.1, 0.15) is 21.5 Å². The molecule has 0 spiro atoms. The lowest BCUT2D eigenvalue weighted by molar-refractivity contribution is -0.385. The zero-order valence-electron chi connectivity index (χ0n) is 11.1. The molecule has 0 saturated carbocycles. The van der Waals surface area contributed by atoms with Crippen LogP contribution in [-0.4, -0.2) is 10.7 Å². The van der Waals surface area contributed by atoms with Gasteiger partial charge in [0, 0.05) is 18.6 Å². The third-order valence-electron chi connectivity index (χ3n) is 3.09. The van der Waals surface area contributed by atoms with Crippen LogP contribution in [0.15, 0.2) is 36.4 Å². The molecule has 2 aromatic carbocycles. The number of nitrogens with zero attached hydrogens (tertiary/aromatic N) is 1. The molecule has 0 radical (unpaired) electrons. The average molecular weight is 291 g/mol. The Kier molecular flexibility index (Phi) is 4.07. The molecule has 0 fully saturated rings. The van der Waals surface area contributed by atoms with E-state index in [0.717, 1.165) is 12.1 Å². The Balaban J connectivity index is 2.39. The van der Waals surface area contributed by atoms with Gasteiger partial charge in [0.2, 0.25) is 0 Å². The Morgan fingerprint density at radius 1 is 1.24 bits per heavy atom. The Morgan fingerprint density at radius 2 is 1.95 bits per heavy atom. The van der Waals surface area contributed by atoms with Crippen LogP contribution in [-0.2, 0) is 6.42 Å². The average Bonchev–Trinajstić information content (AvgIpc) is 2.41. The molecule has 0 amide bonds.